The zero-order valence-electron chi connectivity index (χ0n) is 14.0. The van der Waals surface area contributed by atoms with E-state index in [9.17, 15) is 4.79 Å². The molecule has 0 unspecified atom stereocenters. The first kappa shape index (κ1) is 16.1. The van der Waals surface area contributed by atoms with Crippen LogP contribution in [0, 0.1) is 0 Å². The van der Waals surface area contributed by atoms with Crippen LogP contribution in [0.5, 0.6) is 0 Å². The van der Waals surface area contributed by atoms with Gasteiger partial charge >= 0.3 is 0 Å². The van der Waals surface area contributed by atoms with Crippen LogP contribution in [0.25, 0.3) is 22.4 Å². The molecule has 0 saturated heterocycles. The van der Waals surface area contributed by atoms with Gasteiger partial charge in [0.15, 0.2) is 11.3 Å². The molecule has 0 aliphatic heterocycles. The Hall–Kier alpha value is -2.76. The van der Waals surface area contributed by atoms with Gasteiger partial charge in [0.05, 0.1) is 6.20 Å². The number of hydrogen-bond acceptors (Lipinski definition) is 4. The van der Waals surface area contributed by atoms with E-state index >= 15 is 0 Å². The van der Waals surface area contributed by atoms with Crippen LogP contribution < -0.4 is 5.32 Å². The molecule has 1 amide bonds. The van der Waals surface area contributed by atoms with Crippen LogP contribution in [0.4, 0.5) is 0 Å². The first-order valence-electron chi connectivity index (χ1n) is 8.31. The van der Waals surface area contributed by atoms with Crippen LogP contribution in [0.1, 0.15) is 37.2 Å². The summed E-state index contributed by atoms with van der Waals surface area (Å²) >= 11 is 0. The Kier molecular flexibility index (Phi) is 4.84. The molecule has 1 aromatic carbocycles. The van der Waals surface area contributed by atoms with Crippen LogP contribution in [-0.4, -0.2) is 32.2 Å². The van der Waals surface area contributed by atoms with E-state index in [0.717, 1.165) is 18.4 Å². The van der Waals surface area contributed by atoms with Crippen LogP contribution in [-0.2, 0) is 6.54 Å². The Bertz CT molecular complexity index is 841. The van der Waals surface area contributed by atoms with Crippen molar-refractivity contribution in [3.63, 3.8) is 0 Å². The third kappa shape index (κ3) is 3.13. The summed E-state index contributed by atoms with van der Waals surface area (Å²) in [5.41, 5.74) is 3.14. The van der Waals surface area contributed by atoms with Crippen molar-refractivity contribution >= 4 is 17.1 Å². The summed E-state index contributed by atoms with van der Waals surface area (Å²) in [5, 5.41) is 7.21. The summed E-state index contributed by atoms with van der Waals surface area (Å²) in [4.78, 5) is 21.8. The highest BCUT2D eigenvalue weighted by atomic mass is 16.1. The molecule has 0 bridgehead atoms. The maximum absolute atomic E-state index is 12.6. The second kappa shape index (κ2) is 7.21. The van der Waals surface area contributed by atoms with Crippen LogP contribution in [0.3, 0.4) is 0 Å². The van der Waals surface area contributed by atoms with E-state index in [0.29, 0.717) is 35.6 Å². The quantitative estimate of drug-likeness (QED) is 0.708. The highest BCUT2D eigenvalue weighted by Gasteiger charge is 2.19. The van der Waals surface area contributed by atoms with Gasteiger partial charge in [0, 0.05) is 18.7 Å². The van der Waals surface area contributed by atoms with Crippen molar-refractivity contribution in [2.75, 3.05) is 6.54 Å². The van der Waals surface area contributed by atoms with Crippen molar-refractivity contribution < 1.29 is 4.79 Å². The molecule has 2 aromatic heterocycles. The molecule has 124 valence electrons. The molecule has 1 N–H and O–H groups in total. The van der Waals surface area contributed by atoms with Gasteiger partial charge in [-0.1, -0.05) is 43.7 Å². The van der Waals surface area contributed by atoms with Crippen LogP contribution in [0.15, 0.2) is 36.5 Å². The molecule has 0 aliphatic rings. The summed E-state index contributed by atoms with van der Waals surface area (Å²) in [7, 11) is 0. The van der Waals surface area contributed by atoms with Gasteiger partial charge in [0.25, 0.3) is 5.91 Å². The monoisotopic (exact) mass is 323 g/mol. The third-order valence-corrected chi connectivity index (χ3v) is 3.84. The average molecular weight is 323 g/mol. The molecule has 0 aliphatic carbocycles. The van der Waals surface area contributed by atoms with E-state index < -0.39 is 0 Å². The predicted octanol–water partition coefficient (Wildman–Crippen LogP) is 3.04. The summed E-state index contributed by atoms with van der Waals surface area (Å²) in [5.74, 6) is -0.194. The van der Waals surface area contributed by atoms with Gasteiger partial charge in [0.1, 0.15) is 11.2 Å². The Morgan fingerprint density at radius 1 is 1.17 bits per heavy atom. The number of aromatic nitrogens is 4. The Balaban J connectivity index is 2.10. The van der Waals surface area contributed by atoms with Crippen molar-refractivity contribution in [2.45, 2.75) is 33.2 Å². The van der Waals surface area contributed by atoms with Gasteiger partial charge in [-0.05, 0) is 13.3 Å². The number of carbonyl (C=O) groups is 1. The minimum Gasteiger partial charge on any atom is -0.351 e. The highest BCUT2D eigenvalue weighted by Crippen LogP contribution is 2.23. The summed E-state index contributed by atoms with van der Waals surface area (Å²) in [6.45, 7) is 5.43. The number of nitrogens with zero attached hydrogens (tertiary/aromatic N) is 4. The third-order valence-electron chi connectivity index (χ3n) is 3.84. The van der Waals surface area contributed by atoms with Crippen LogP contribution in [0.2, 0.25) is 0 Å². The summed E-state index contributed by atoms with van der Waals surface area (Å²) < 4.78 is 1.79. The minimum absolute atomic E-state index is 0.194. The van der Waals surface area contributed by atoms with Crippen molar-refractivity contribution in [3.05, 3.63) is 42.2 Å². The average Bonchev–Trinajstić information content (AvgIpc) is 3.03. The largest absolute Gasteiger partial charge is 0.351 e. The number of benzene rings is 1. The lowest BCUT2D eigenvalue weighted by Crippen LogP contribution is -2.26. The molecule has 24 heavy (non-hydrogen) atoms. The van der Waals surface area contributed by atoms with Gasteiger partial charge < -0.3 is 5.32 Å². The number of rotatable bonds is 6. The number of aryl methyl sites for hydroxylation is 1. The molecule has 3 rings (SSSR count). The molecule has 0 radical (unpaired) electrons. The molecular formula is C18H21N5O. The second-order valence-electron chi connectivity index (χ2n) is 5.57. The Morgan fingerprint density at radius 2 is 1.96 bits per heavy atom. The van der Waals surface area contributed by atoms with Crippen molar-refractivity contribution in [1.82, 2.24) is 25.1 Å². The van der Waals surface area contributed by atoms with E-state index in [2.05, 4.69) is 22.3 Å². The van der Waals surface area contributed by atoms with Gasteiger partial charge in [-0.3, -0.25) is 4.79 Å². The minimum atomic E-state index is -0.194. The number of fused-ring (bicyclic) bond motifs is 1. The SMILES string of the molecule is CCCCNC(=O)c1nc2cnn(CC)c2nc1-c1ccccc1. The van der Waals surface area contributed by atoms with E-state index in [1.807, 2.05) is 37.3 Å². The molecule has 0 spiro atoms. The fraction of sp³-hybridized carbons (Fsp3) is 0.333. The van der Waals surface area contributed by atoms with E-state index in [1.165, 1.54) is 0 Å². The number of carbonyl (C=O) groups excluding carboxylic acids is 1. The number of nitrogens with one attached hydrogen (secondary N) is 1. The normalized spacial score (nSPS) is 10.9. The number of hydrogen-bond donors (Lipinski definition) is 1. The Morgan fingerprint density at radius 3 is 2.67 bits per heavy atom. The lowest BCUT2D eigenvalue weighted by atomic mass is 10.1. The standard InChI is InChI=1S/C18H21N5O/c1-3-5-11-19-18(24)16-15(13-9-7-6-8-10-13)22-17-14(21-16)12-20-23(17)4-2/h6-10,12H,3-5,11H2,1-2H3,(H,19,24). The fourth-order valence-corrected chi connectivity index (χ4v) is 2.54. The van der Waals surface area contributed by atoms with E-state index in [-0.39, 0.29) is 5.91 Å². The maximum Gasteiger partial charge on any atom is 0.272 e. The molecule has 2 heterocycles. The lowest BCUT2D eigenvalue weighted by Gasteiger charge is -2.10. The topological polar surface area (TPSA) is 72.7 Å². The smallest absolute Gasteiger partial charge is 0.272 e. The predicted molar refractivity (Wildman–Crippen MR) is 93.7 cm³/mol. The van der Waals surface area contributed by atoms with Gasteiger partial charge in [-0.2, -0.15) is 5.10 Å². The summed E-state index contributed by atoms with van der Waals surface area (Å²) in [6.07, 6.45) is 3.62. The van der Waals surface area contributed by atoms with Gasteiger partial charge in [-0.25, -0.2) is 14.6 Å². The maximum atomic E-state index is 12.6. The van der Waals surface area contributed by atoms with Crippen molar-refractivity contribution in [1.29, 1.82) is 0 Å². The first-order chi connectivity index (χ1) is 11.7. The molecule has 0 saturated carbocycles. The fourth-order valence-electron chi connectivity index (χ4n) is 2.54. The Labute approximate surface area is 140 Å². The lowest BCUT2D eigenvalue weighted by molar-refractivity contribution is 0.0949. The highest BCUT2D eigenvalue weighted by molar-refractivity contribution is 5.99. The van der Waals surface area contributed by atoms with E-state index in [1.54, 1.807) is 10.9 Å². The van der Waals surface area contributed by atoms with E-state index in [4.69, 9.17) is 4.98 Å². The molecule has 0 fully saturated rings. The molecule has 0 atom stereocenters. The van der Waals surface area contributed by atoms with Crippen LogP contribution >= 0.6 is 0 Å². The van der Waals surface area contributed by atoms with Gasteiger partial charge in [0.2, 0.25) is 0 Å². The van der Waals surface area contributed by atoms with Gasteiger partial charge in [-0.15, -0.1) is 0 Å². The molecule has 6 nitrogen and oxygen atoms in total. The molecular weight excluding hydrogens is 302 g/mol. The molecule has 6 heteroatoms. The number of unbranched alkanes of at least 4 members (excludes halogenated alkanes) is 1. The zero-order valence-corrected chi connectivity index (χ0v) is 14.0. The zero-order chi connectivity index (χ0) is 16.9. The summed E-state index contributed by atoms with van der Waals surface area (Å²) in [6, 6.07) is 9.66. The molecule has 3 aromatic rings. The van der Waals surface area contributed by atoms with Crippen molar-refractivity contribution in [2.24, 2.45) is 0 Å². The second-order valence-corrected chi connectivity index (χ2v) is 5.57. The number of amides is 1. The first-order valence-corrected chi connectivity index (χ1v) is 8.31. The van der Waals surface area contributed by atoms with Crippen molar-refractivity contribution in [3.8, 4) is 11.3 Å².